The molecule has 1 saturated heterocycles. The highest BCUT2D eigenvalue weighted by Crippen LogP contribution is 2.25. The number of nitrogens with zero attached hydrogens (tertiary/aromatic N) is 1. The van der Waals surface area contributed by atoms with Crippen molar-refractivity contribution >= 4 is 28.6 Å². The van der Waals surface area contributed by atoms with E-state index in [0.717, 1.165) is 16.3 Å². The zero-order chi connectivity index (χ0) is 14.7. The van der Waals surface area contributed by atoms with E-state index in [4.69, 9.17) is 4.74 Å². The monoisotopic (exact) mass is 324 g/mol. The predicted octanol–water partition coefficient (Wildman–Crippen LogP) is 1.68. The SMILES string of the molecule is O=C(Cc1csc(-c2ccsc2)n1)NCC1(O)CCOC1. The maximum Gasteiger partial charge on any atom is 0.226 e. The third kappa shape index (κ3) is 3.68. The minimum Gasteiger partial charge on any atom is -0.386 e. The lowest BCUT2D eigenvalue weighted by atomic mass is 10.0. The van der Waals surface area contributed by atoms with Gasteiger partial charge in [0.2, 0.25) is 5.91 Å². The maximum atomic E-state index is 11.9. The van der Waals surface area contributed by atoms with E-state index >= 15 is 0 Å². The van der Waals surface area contributed by atoms with Crippen molar-refractivity contribution in [2.45, 2.75) is 18.4 Å². The molecule has 1 unspecified atom stereocenters. The molecule has 1 fully saturated rings. The minimum atomic E-state index is -0.917. The van der Waals surface area contributed by atoms with Crippen LogP contribution in [0.1, 0.15) is 12.1 Å². The first-order valence-corrected chi connectivity index (χ1v) is 8.51. The van der Waals surface area contributed by atoms with Gasteiger partial charge in [-0.15, -0.1) is 11.3 Å². The molecular weight excluding hydrogens is 308 g/mol. The first kappa shape index (κ1) is 14.6. The second-order valence-electron chi connectivity index (χ2n) is 5.14. The van der Waals surface area contributed by atoms with Crippen LogP contribution in [0.4, 0.5) is 0 Å². The van der Waals surface area contributed by atoms with Crippen LogP contribution in [0.5, 0.6) is 0 Å². The molecule has 1 aliphatic heterocycles. The maximum absolute atomic E-state index is 11.9. The van der Waals surface area contributed by atoms with Gasteiger partial charge in [-0.1, -0.05) is 0 Å². The predicted molar refractivity (Wildman–Crippen MR) is 82.5 cm³/mol. The number of rotatable bonds is 5. The standard InChI is InChI=1S/C14H16N2O3S2/c17-12(15-8-14(18)2-3-19-9-14)5-11-7-21-13(16-11)10-1-4-20-6-10/h1,4,6-7,18H,2-3,5,8-9H2,(H,15,17). The number of thiazole rings is 1. The van der Waals surface area contributed by atoms with Gasteiger partial charge in [0.25, 0.3) is 0 Å². The number of aromatic nitrogens is 1. The molecule has 0 radical (unpaired) electrons. The molecule has 0 aromatic carbocycles. The summed E-state index contributed by atoms with van der Waals surface area (Å²) in [6.45, 7) is 1.06. The second kappa shape index (κ2) is 6.23. The molecule has 2 aromatic heterocycles. The summed E-state index contributed by atoms with van der Waals surface area (Å²) in [6, 6.07) is 2.02. The number of amides is 1. The number of hydrogen-bond acceptors (Lipinski definition) is 6. The fourth-order valence-electron chi connectivity index (χ4n) is 2.13. The molecule has 0 spiro atoms. The molecule has 5 nitrogen and oxygen atoms in total. The minimum absolute atomic E-state index is 0.127. The summed E-state index contributed by atoms with van der Waals surface area (Å²) in [5.74, 6) is -0.127. The number of carbonyl (C=O) groups excluding carboxylic acids is 1. The van der Waals surface area contributed by atoms with Crippen LogP contribution in [0.15, 0.2) is 22.2 Å². The van der Waals surface area contributed by atoms with Crippen LogP contribution in [0.2, 0.25) is 0 Å². The topological polar surface area (TPSA) is 71.5 Å². The summed E-state index contributed by atoms with van der Waals surface area (Å²) in [7, 11) is 0. The highest BCUT2D eigenvalue weighted by molar-refractivity contribution is 7.14. The molecule has 0 aliphatic carbocycles. The van der Waals surface area contributed by atoms with Gasteiger partial charge in [-0.25, -0.2) is 4.98 Å². The van der Waals surface area contributed by atoms with Crippen LogP contribution in [-0.2, 0) is 16.0 Å². The fourth-order valence-corrected chi connectivity index (χ4v) is 3.66. The summed E-state index contributed by atoms with van der Waals surface area (Å²) < 4.78 is 5.14. The molecule has 21 heavy (non-hydrogen) atoms. The van der Waals surface area contributed by atoms with Crippen LogP contribution < -0.4 is 5.32 Å². The molecule has 1 atom stereocenters. The van der Waals surface area contributed by atoms with Crippen molar-refractivity contribution < 1.29 is 14.6 Å². The van der Waals surface area contributed by atoms with Crippen molar-refractivity contribution in [2.24, 2.45) is 0 Å². The molecule has 1 aliphatic rings. The lowest BCUT2D eigenvalue weighted by molar-refractivity contribution is -0.121. The van der Waals surface area contributed by atoms with E-state index in [2.05, 4.69) is 10.3 Å². The largest absolute Gasteiger partial charge is 0.386 e. The van der Waals surface area contributed by atoms with E-state index in [9.17, 15) is 9.90 Å². The number of aliphatic hydroxyl groups is 1. The summed E-state index contributed by atoms with van der Waals surface area (Å²) in [6.07, 6.45) is 0.795. The van der Waals surface area contributed by atoms with Crippen molar-refractivity contribution in [3.63, 3.8) is 0 Å². The third-order valence-corrected chi connectivity index (χ3v) is 4.98. The number of ether oxygens (including phenoxy) is 1. The lowest BCUT2D eigenvalue weighted by Gasteiger charge is -2.20. The van der Waals surface area contributed by atoms with Gasteiger partial charge in [-0.3, -0.25) is 4.79 Å². The average molecular weight is 324 g/mol. The zero-order valence-corrected chi connectivity index (χ0v) is 13.0. The van der Waals surface area contributed by atoms with E-state index in [1.165, 1.54) is 11.3 Å². The third-order valence-electron chi connectivity index (χ3n) is 3.36. The van der Waals surface area contributed by atoms with Crippen molar-refractivity contribution in [3.05, 3.63) is 27.9 Å². The lowest BCUT2D eigenvalue weighted by Crippen LogP contribution is -2.43. The molecule has 2 aromatic rings. The number of nitrogens with one attached hydrogen (secondary N) is 1. The fraction of sp³-hybridized carbons (Fsp3) is 0.429. The highest BCUT2D eigenvalue weighted by atomic mass is 32.1. The average Bonchev–Trinajstić information content (AvgIpc) is 3.17. The van der Waals surface area contributed by atoms with Crippen molar-refractivity contribution in [3.8, 4) is 10.6 Å². The van der Waals surface area contributed by atoms with E-state index in [1.54, 1.807) is 11.3 Å². The molecular formula is C14H16N2O3S2. The number of thiophene rings is 1. The Morgan fingerprint density at radius 1 is 1.52 bits per heavy atom. The van der Waals surface area contributed by atoms with Crippen molar-refractivity contribution in [1.82, 2.24) is 10.3 Å². The number of hydrogen-bond donors (Lipinski definition) is 2. The Morgan fingerprint density at radius 3 is 3.14 bits per heavy atom. The number of carbonyl (C=O) groups is 1. The molecule has 0 saturated carbocycles. The van der Waals surface area contributed by atoms with Crippen molar-refractivity contribution in [2.75, 3.05) is 19.8 Å². The molecule has 2 N–H and O–H groups in total. The van der Waals surface area contributed by atoms with E-state index in [1.807, 2.05) is 22.2 Å². The Balaban J connectivity index is 1.53. The molecule has 3 heterocycles. The van der Waals surface area contributed by atoms with Gasteiger partial charge in [0, 0.05) is 35.9 Å². The Kier molecular flexibility index (Phi) is 4.34. The first-order chi connectivity index (χ1) is 10.1. The van der Waals surface area contributed by atoms with Crippen LogP contribution in [0.3, 0.4) is 0 Å². The first-order valence-electron chi connectivity index (χ1n) is 6.68. The summed E-state index contributed by atoms with van der Waals surface area (Å²) in [4.78, 5) is 16.4. The van der Waals surface area contributed by atoms with Crippen LogP contribution in [0.25, 0.3) is 10.6 Å². The quantitative estimate of drug-likeness (QED) is 0.878. The normalized spacial score (nSPS) is 21.6. The van der Waals surface area contributed by atoms with Crippen LogP contribution in [0, 0.1) is 0 Å². The molecule has 1 amide bonds. The van der Waals surface area contributed by atoms with Gasteiger partial charge >= 0.3 is 0 Å². The van der Waals surface area contributed by atoms with E-state index < -0.39 is 5.60 Å². The highest BCUT2D eigenvalue weighted by Gasteiger charge is 2.32. The zero-order valence-electron chi connectivity index (χ0n) is 11.4. The Hall–Kier alpha value is -1.28. The smallest absolute Gasteiger partial charge is 0.226 e. The summed E-state index contributed by atoms with van der Waals surface area (Å²) in [5, 5.41) is 19.7. The van der Waals surface area contributed by atoms with Gasteiger partial charge in [-0.2, -0.15) is 11.3 Å². The molecule has 112 valence electrons. The van der Waals surface area contributed by atoms with Gasteiger partial charge in [-0.05, 0) is 11.4 Å². The van der Waals surface area contributed by atoms with Gasteiger partial charge in [0.1, 0.15) is 10.6 Å². The summed E-state index contributed by atoms with van der Waals surface area (Å²) in [5.41, 5.74) is 0.932. The van der Waals surface area contributed by atoms with Gasteiger partial charge in [0.05, 0.1) is 18.7 Å². The van der Waals surface area contributed by atoms with Gasteiger partial charge in [0.15, 0.2) is 0 Å². The molecule has 3 rings (SSSR count). The molecule has 7 heteroatoms. The Bertz CT molecular complexity index is 604. The second-order valence-corrected chi connectivity index (χ2v) is 6.77. The summed E-state index contributed by atoms with van der Waals surface area (Å²) >= 11 is 3.17. The Morgan fingerprint density at radius 2 is 2.43 bits per heavy atom. The Labute approximate surface area is 130 Å². The van der Waals surface area contributed by atoms with E-state index in [-0.39, 0.29) is 25.5 Å². The molecule has 0 bridgehead atoms. The van der Waals surface area contributed by atoms with Crippen molar-refractivity contribution in [1.29, 1.82) is 0 Å². The van der Waals surface area contributed by atoms with E-state index in [0.29, 0.717) is 13.0 Å². The van der Waals surface area contributed by atoms with Crippen LogP contribution >= 0.6 is 22.7 Å². The van der Waals surface area contributed by atoms with Gasteiger partial charge < -0.3 is 15.2 Å². The van der Waals surface area contributed by atoms with Crippen LogP contribution in [-0.4, -0.2) is 41.4 Å².